The van der Waals surface area contributed by atoms with Crippen LogP contribution in [0, 0.1) is 0 Å². The van der Waals surface area contributed by atoms with Gasteiger partial charge in [-0.25, -0.2) is 9.59 Å². The zero-order valence-corrected chi connectivity index (χ0v) is 31.0. The summed E-state index contributed by atoms with van der Waals surface area (Å²) in [7, 11) is -2.22. The SMILES string of the molecule is CC(C)(C)OC(=O)N(C[C@@H]1CCc2cc(-c3ccc4c(c3)OC(C)(C)OC4=O)ccc2O1)C[C@H](O[Si](C)(C)C(C)(C)C)c1cccnc1. The van der Waals surface area contributed by atoms with Gasteiger partial charge in [-0.2, -0.15) is 0 Å². The van der Waals surface area contributed by atoms with E-state index >= 15 is 0 Å². The molecule has 0 radical (unpaired) electrons. The Balaban J connectivity index is 1.36. The first-order valence-electron chi connectivity index (χ1n) is 16.7. The maximum atomic E-state index is 13.7. The van der Waals surface area contributed by atoms with Crippen LogP contribution in [0.5, 0.6) is 11.5 Å². The molecule has 0 unspecified atom stereocenters. The van der Waals surface area contributed by atoms with E-state index in [2.05, 4.69) is 44.9 Å². The average Bonchev–Trinajstić information content (AvgIpc) is 2.98. The number of hydrogen-bond donors (Lipinski definition) is 0. The molecule has 0 spiro atoms. The van der Waals surface area contributed by atoms with Crippen LogP contribution in [0.2, 0.25) is 18.1 Å². The van der Waals surface area contributed by atoms with Gasteiger partial charge in [-0.15, -0.1) is 0 Å². The molecule has 2 aliphatic heterocycles. The molecule has 5 rings (SSSR count). The lowest BCUT2D eigenvalue weighted by molar-refractivity contribution is -0.127. The molecule has 0 fully saturated rings. The number of nitrogens with zero attached hydrogens (tertiary/aromatic N) is 2. The van der Waals surface area contributed by atoms with Crippen LogP contribution in [0.1, 0.15) is 89.4 Å². The summed E-state index contributed by atoms with van der Waals surface area (Å²) in [5.41, 5.74) is 3.69. The fraction of sp³-hybridized carbons (Fsp3) is 0.500. The van der Waals surface area contributed by atoms with E-state index in [1.54, 1.807) is 31.0 Å². The zero-order valence-electron chi connectivity index (χ0n) is 30.0. The number of rotatable bonds is 8. The smallest absolute Gasteiger partial charge is 0.410 e. The van der Waals surface area contributed by atoms with E-state index in [1.807, 2.05) is 63.4 Å². The maximum Gasteiger partial charge on any atom is 0.410 e. The highest BCUT2D eigenvalue weighted by Crippen LogP contribution is 2.41. The first-order valence-corrected chi connectivity index (χ1v) is 19.6. The quantitative estimate of drug-likeness (QED) is 0.173. The number of cyclic esters (lactones) is 1. The Morgan fingerprint density at radius 1 is 1.02 bits per heavy atom. The molecule has 0 N–H and O–H groups in total. The molecular weight excluding hydrogens is 625 g/mol. The Bertz CT molecular complexity index is 1640. The number of fused-ring (bicyclic) bond motifs is 2. The van der Waals surface area contributed by atoms with Crippen molar-refractivity contribution in [3.05, 3.63) is 77.6 Å². The fourth-order valence-corrected chi connectivity index (χ4v) is 6.85. The van der Waals surface area contributed by atoms with Gasteiger partial charge in [0.2, 0.25) is 5.79 Å². The highest BCUT2D eigenvalue weighted by Gasteiger charge is 2.41. The van der Waals surface area contributed by atoms with Gasteiger partial charge in [0.05, 0.1) is 19.2 Å². The summed E-state index contributed by atoms with van der Waals surface area (Å²) in [6, 6.07) is 15.5. The fourth-order valence-electron chi connectivity index (χ4n) is 5.58. The number of aromatic nitrogens is 1. The maximum absolute atomic E-state index is 13.7. The molecule has 2 atom stereocenters. The molecule has 3 heterocycles. The topological polar surface area (TPSA) is 96.4 Å². The summed E-state index contributed by atoms with van der Waals surface area (Å²) in [6.45, 7) is 20.8. The van der Waals surface area contributed by atoms with E-state index in [1.165, 1.54) is 0 Å². The number of pyridine rings is 1. The van der Waals surface area contributed by atoms with Crippen LogP contribution in [0.3, 0.4) is 0 Å². The summed E-state index contributed by atoms with van der Waals surface area (Å²) in [5.74, 6) is -0.119. The van der Waals surface area contributed by atoms with Gasteiger partial charge in [0, 0.05) is 26.2 Å². The van der Waals surface area contributed by atoms with Gasteiger partial charge in [0.15, 0.2) is 8.32 Å². The van der Waals surface area contributed by atoms with Crippen molar-refractivity contribution in [2.45, 2.75) is 110 Å². The van der Waals surface area contributed by atoms with E-state index in [0.717, 1.165) is 40.8 Å². The second kappa shape index (κ2) is 13.2. The molecule has 258 valence electrons. The van der Waals surface area contributed by atoms with E-state index in [0.29, 0.717) is 24.4 Å². The second-order valence-corrected chi connectivity index (χ2v) is 20.5. The molecular formula is C38H50N2O7Si. The largest absolute Gasteiger partial charge is 0.488 e. The summed E-state index contributed by atoms with van der Waals surface area (Å²) in [4.78, 5) is 32.2. The third-order valence-corrected chi connectivity index (χ3v) is 13.6. The highest BCUT2D eigenvalue weighted by atomic mass is 28.4. The summed E-state index contributed by atoms with van der Waals surface area (Å²) in [5, 5.41) is -0.0200. The van der Waals surface area contributed by atoms with Crippen molar-refractivity contribution in [1.82, 2.24) is 9.88 Å². The lowest BCUT2D eigenvalue weighted by Gasteiger charge is -2.41. The van der Waals surface area contributed by atoms with Crippen LogP contribution in [0.25, 0.3) is 11.1 Å². The molecule has 9 nitrogen and oxygen atoms in total. The van der Waals surface area contributed by atoms with Crippen molar-refractivity contribution in [2.24, 2.45) is 0 Å². The van der Waals surface area contributed by atoms with Crippen LogP contribution in [0.4, 0.5) is 4.79 Å². The standard InChI is InChI=1S/C38H50N2O7Si/c1-36(2,3)46-35(42)40(24-33(28-12-11-19-39-22-28)47-48(9,10)37(4,5)6)23-29-16-13-27-20-25(15-18-31(27)43-29)26-14-17-30-32(21-26)44-38(7,8)45-34(30)41/h11-12,14-15,17-22,29,33H,13,16,23-24H2,1-10H3/t29-,33-/m0/s1. The average molecular weight is 675 g/mol. The molecule has 2 aromatic carbocycles. The minimum atomic E-state index is -2.22. The number of hydrogen-bond acceptors (Lipinski definition) is 8. The number of carbonyl (C=O) groups is 2. The summed E-state index contributed by atoms with van der Waals surface area (Å²) >= 11 is 0. The van der Waals surface area contributed by atoms with E-state index in [9.17, 15) is 9.59 Å². The van der Waals surface area contributed by atoms with E-state index in [4.69, 9.17) is 23.4 Å². The molecule has 10 heteroatoms. The van der Waals surface area contributed by atoms with Crippen molar-refractivity contribution in [2.75, 3.05) is 13.1 Å². The number of carbonyl (C=O) groups excluding carboxylic acids is 2. The van der Waals surface area contributed by atoms with Crippen LogP contribution in [0.15, 0.2) is 60.9 Å². The van der Waals surface area contributed by atoms with Crippen molar-refractivity contribution in [3.63, 3.8) is 0 Å². The van der Waals surface area contributed by atoms with E-state index < -0.39 is 31.8 Å². The molecule has 1 amide bonds. The van der Waals surface area contributed by atoms with Gasteiger partial charge in [0.25, 0.3) is 0 Å². The van der Waals surface area contributed by atoms with Crippen molar-refractivity contribution in [3.8, 4) is 22.6 Å². The number of esters is 1. The Morgan fingerprint density at radius 2 is 1.73 bits per heavy atom. The van der Waals surface area contributed by atoms with Gasteiger partial charge < -0.3 is 28.3 Å². The van der Waals surface area contributed by atoms with E-state index in [-0.39, 0.29) is 17.2 Å². The van der Waals surface area contributed by atoms with Gasteiger partial charge in [-0.05, 0) is 104 Å². The Hall–Kier alpha value is -3.89. The Labute approximate surface area is 286 Å². The summed E-state index contributed by atoms with van der Waals surface area (Å²) < 4.78 is 30.7. The normalized spacial score (nSPS) is 18.0. The number of amides is 1. The lowest BCUT2D eigenvalue weighted by Crippen LogP contribution is -2.48. The molecule has 0 bridgehead atoms. The minimum absolute atomic E-state index is 0.0200. The van der Waals surface area contributed by atoms with Crippen molar-refractivity contribution < 1.29 is 33.0 Å². The molecule has 3 aromatic rings. The summed E-state index contributed by atoms with van der Waals surface area (Å²) in [6.07, 6.45) is 4.06. The van der Waals surface area contributed by atoms with Crippen LogP contribution >= 0.6 is 0 Å². The first kappa shape index (κ1) is 35.4. The molecule has 0 aliphatic carbocycles. The molecule has 0 saturated carbocycles. The molecule has 2 aliphatic rings. The van der Waals surface area contributed by atoms with Crippen LogP contribution < -0.4 is 9.47 Å². The van der Waals surface area contributed by atoms with Gasteiger partial charge in [0.1, 0.15) is 28.8 Å². The minimum Gasteiger partial charge on any atom is -0.488 e. The van der Waals surface area contributed by atoms with Crippen molar-refractivity contribution >= 4 is 20.4 Å². The van der Waals surface area contributed by atoms with Crippen LogP contribution in [-0.4, -0.2) is 60.8 Å². The van der Waals surface area contributed by atoms with Gasteiger partial charge >= 0.3 is 12.1 Å². The number of benzene rings is 2. The zero-order chi connectivity index (χ0) is 35.1. The number of aryl methyl sites for hydroxylation is 1. The lowest BCUT2D eigenvalue weighted by atomic mass is 9.96. The predicted octanol–water partition coefficient (Wildman–Crippen LogP) is 8.73. The second-order valence-electron chi connectivity index (χ2n) is 15.7. The highest BCUT2D eigenvalue weighted by molar-refractivity contribution is 6.74. The van der Waals surface area contributed by atoms with Crippen LogP contribution in [-0.2, 0) is 20.3 Å². The third kappa shape index (κ3) is 8.39. The third-order valence-electron chi connectivity index (χ3n) is 9.08. The monoisotopic (exact) mass is 674 g/mol. The van der Waals surface area contributed by atoms with Gasteiger partial charge in [-0.1, -0.05) is 39.0 Å². The van der Waals surface area contributed by atoms with Crippen molar-refractivity contribution in [1.29, 1.82) is 0 Å². The number of ether oxygens (including phenoxy) is 4. The molecule has 0 saturated heterocycles. The molecule has 48 heavy (non-hydrogen) atoms. The predicted molar refractivity (Wildman–Crippen MR) is 188 cm³/mol. The molecule has 1 aromatic heterocycles. The Morgan fingerprint density at radius 3 is 2.40 bits per heavy atom. The Kier molecular flexibility index (Phi) is 9.74. The van der Waals surface area contributed by atoms with Gasteiger partial charge in [-0.3, -0.25) is 4.98 Å². The first-order chi connectivity index (χ1) is 22.3.